The second kappa shape index (κ2) is 21.3. The van der Waals surface area contributed by atoms with E-state index >= 15 is 0 Å². The van der Waals surface area contributed by atoms with E-state index in [0.29, 0.717) is 24.8 Å². The fraction of sp³-hybridized carbons (Fsp3) is 0.568. The molecule has 1 aliphatic rings. The molecule has 17 heteroatoms. The molecule has 1 aromatic carbocycles. The summed E-state index contributed by atoms with van der Waals surface area (Å²) in [7, 11) is 0. The van der Waals surface area contributed by atoms with Gasteiger partial charge in [0.15, 0.2) is 6.10 Å². The second-order valence-electron chi connectivity index (χ2n) is 13.7. The van der Waals surface area contributed by atoms with Crippen LogP contribution < -0.4 is 15.4 Å². The van der Waals surface area contributed by atoms with Gasteiger partial charge in [0, 0.05) is 37.7 Å². The maximum Gasteiger partial charge on any atom is 0.335 e. The van der Waals surface area contributed by atoms with Gasteiger partial charge >= 0.3 is 11.9 Å². The van der Waals surface area contributed by atoms with Gasteiger partial charge < -0.3 is 54.7 Å². The number of aliphatic carboxylic acids is 1. The number of anilines is 1. The van der Waals surface area contributed by atoms with Crippen molar-refractivity contribution in [1.82, 2.24) is 15.3 Å². The summed E-state index contributed by atoms with van der Waals surface area (Å²) in [5.74, 6) is 4.12. The van der Waals surface area contributed by atoms with E-state index < -0.39 is 60.6 Å². The van der Waals surface area contributed by atoms with Crippen molar-refractivity contribution in [2.75, 3.05) is 38.3 Å². The molecule has 2 amide bonds. The molecule has 0 radical (unpaired) electrons. The summed E-state index contributed by atoms with van der Waals surface area (Å²) in [6.45, 7) is 9.26. The van der Waals surface area contributed by atoms with Gasteiger partial charge in [-0.15, -0.1) is 0 Å². The predicted octanol–water partition coefficient (Wildman–Crippen LogP) is 1.27. The Morgan fingerprint density at radius 2 is 1.67 bits per heavy atom. The molecular formula is C37H50N4O13. The number of unbranched alkanes of at least 4 members (excludes halogenated alkanes) is 1. The lowest BCUT2D eigenvalue weighted by Crippen LogP contribution is -2.61. The molecule has 0 saturated carbocycles. The number of carboxylic acid groups (broad SMARTS) is 1. The van der Waals surface area contributed by atoms with Gasteiger partial charge in [-0.2, -0.15) is 0 Å². The lowest BCUT2D eigenvalue weighted by atomic mass is 9.97. The number of aliphatic hydroxyl groups excluding tert-OH is 3. The molecule has 3 rings (SSSR count). The first-order valence-corrected chi connectivity index (χ1v) is 17.5. The number of carbonyl (C=O) groups excluding carboxylic acids is 3. The smallest absolute Gasteiger partial charge is 0.335 e. The van der Waals surface area contributed by atoms with Crippen molar-refractivity contribution in [3.05, 3.63) is 47.5 Å². The fourth-order valence-corrected chi connectivity index (χ4v) is 4.63. The van der Waals surface area contributed by atoms with Gasteiger partial charge in [-0.1, -0.05) is 31.8 Å². The molecule has 1 aliphatic heterocycles. The molecule has 17 nitrogen and oxygen atoms in total. The van der Waals surface area contributed by atoms with Crippen molar-refractivity contribution >= 4 is 29.4 Å². The average molecular weight is 759 g/mol. The van der Waals surface area contributed by atoms with Crippen LogP contribution in [-0.4, -0.2) is 118 Å². The summed E-state index contributed by atoms with van der Waals surface area (Å²) in [5.41, 5.74) is 0.445. The number of rotatable bonds is 18. The monoisotopic (exact) mass is 758 g/mol. The Hall–Kier alpha value is -4.70. The SMILES string of the molecule is CC(C)c1ncc(C#CCCCC(=O)NCCOCCOCC(=O)Nc2cc(COC(=O)C(C)(C)C)ccc2O[C@@H]2O[C@H](C(=O)O)[C@@H](O)[C@H](O)[C@H]2O)cn1. The van der Waals surface area contributed by atoms with Crippen molar-refractivity contribution in [3.8, 4) is 17.6 Å². The Labute approximate surface area is 313 Å². The molecule has 54 heavy (non-hydrogen) atoms. The van der Waals surface area contributed by atoms with E-state index in [-0.39, 0.29) is 56.2 Å². The van der Waals surface area contributed by atoms with E-state index in [1.165, 1.54) is 18.2 Å². The molecule has 0 bridgehead atoms. The number of ether oxygens (including phenoxy) is 5. The zero-order valence-corrected chi connectivity index (χ0v) is 31.1. The molecule has 296 valence electrons. The molecule has 2 aromatic rings. The van der Waals surface area contributed by atoms with Gasteiger partial charge in [-0.25, -0.2) is 14.8 Å². The van der Waals surface area contributed by atoms with Crippen molar-refractivity contribution < 1.29 is 63.3 Å². The number of amides is 2. The lowest BCUT2D eigenvalue weighted by molar-refractivity contribution is -0.271. The van der Waals surface area contributed by atoms with E-state index in [1.54, 1.807) is 33.2 Å². The molecule has 1 aromatic heterocycles. The zero-order valence-electron chi connectivity index (χ0n) is 31.1. The van der Waals surface area contributed by atoms with E-state index in [0.717, 1.165) is 11.4 Å². The molecule has 0 aliphatic carbocycles. The van der Waals surface area contributed by atoms with E-state index in [4.69, 9.17) is 23.7 Å². The van der Waals surface area contributed by atoms with Gasteiger partial charge in [-0.05, 0) is 44.9 Å². The van der Waals surface area contributed by atoms with Crippen LogP contribution in [0.2, 0.25) is 0 Å². The first kappa shape index (κ1) is 43.7. The molecule has 1 saturated heterocycles. The number of nitrogens with one attached hydrogen (secondary N) is 2. The van der Waals surface area contributed by atoms with Gasteiger partial charge in [0.1, 0.15) is 43.1 Å². The molecule has 2 heterocycles. The van der Waals surface area contributed by atoms with Crippen molar-refractivity contribution in [1.29, 1.82) is 0 Å². The number of aliphatic hydroxyl groups is 3. The van der Waals surface area contributed by atoms with Crippen LogP contribution in [0.25, 0.3) is 0 Å². The standard InChI is InChI=1S/C37H50N4O13/c1-22(2)33-39-18-24(19-40-33)9-7-6-8-10-27(42)38-13-14-50-15-16-51-21-28(43)41-25-17-23(20-52-36(49)37(3,4)5)11-12-26(25)53-35-31(46)29(44)30(45)32(54-35)34(47)48/h11-12,17-19,22,29-32,35,44-46H,6,8,10,13-16,20-21H2,1-5H3,(H,38,42)(H,41,43)(H,47,48)/t29-,30-,31+,32-,35+/m0/s1. The summed E-state index contributed by atoms with van der Waals surface area (Å²) < 4.78 is 27.1. The molecule has 5 atom stereocenters. The number of hydrogen-bond donors (Lipinski definition) is 6. The zero-order chi connectivity index (χ0) is 39.8. The number of esters is 1. The topological polar surface area (TPSA) is 245 Å². The van der Waals surface area contributed by atoms with E-state index in [1.807, 2.05) is 13.8 Å². The number of benzene rings is 1. The maximum atomic E-state index is 12.8. The van der Waals surface area contributed by atoms with Gasteiger partial charge in [-0.3, -0.25) is 14.4 Å². The first-order chi connectivity index (χ1) is 25.6. The third-order valence-corrected chi connectivity index (χ3v) is 7.66. The highest BCUT2D eigenvalue weighted by molar-refractivity contribution is 5.93. The molecule has 1 fully saturated rings. The Kier molecular flexibility index (Phi) is 17.2. The molecular weight excluding hydrogens is 708 g/mol. The van der Waals surface area contributed by atoms with E-state index in [2.05, 4.69) is 32.4 Å². The summed E-state index contributed by atoms with van der Waals surface area (Å²) in [5, 5.41) is 45.3. The van der Waals surface area contributed by atoms with Crippen molar-refractivity contribution in [2.45, 2.75) is 97.1 Å². The highest BCUT2D eigenvalue weighted by Gasteiger charge is 2.48. The minimum atomic E-state index is -1.92. The number of carbonyl (C=O) groups is 4. The van der Waals surface area contributed by atoms with Crippen LogP contribution in [0.5, 0.6) is 5.75 Å². The first-order valence-electron chi connectivity index (χ1n) is 17.5. The number of aromatic nitrogens is 2. The quantitative estimate of drug-likeness (QED) is 0.0712. The van der Waals surface area contributed by atoms with Gasteiger partial charge in [0.25, 0.3) is 0 Å². The summed E-state index contributed by atoms with van der Waals surface area (Å²) in [6, 6.07) is 4.31. The summed E-state index contributed by atoms with van der Waals surface area (Å²) in [6.07, 6.45) is -4.48. The Bertz CT molecular complexity index is 1620. The molecule has 6 N–H and O–H groups in total. The Balaban J connectivity index is 1.42. The van der Waals surface area contributed by atoms with Crippen LogP contribution in [0.3, 0.4) is 0 Å². The van der Waals surface area contributed by atoms with Crippen LogP contribution in [0.4, 0.5) is 5.69 Å². The summed E-state index contributed by atoms with van der Waals surface area (Å²) >= 11 is 0. The number of carboxylic acids is 1. The number of hydrogen-bond acceptors (Lipinski definition) is 14. The predicted molar refractivity (Wildman–Crippen MR) is 191 cm³/mol. The van der Waals surface area contributed by atoms with Crippen molar-refractivity contribution in [2.24, 2.45) is 5.41 Å². The normalized spacial score (nSPS) is 19.7. The molecule has 0 spiro atoms. The second-order valence-corrected chi connectivity index (χ2v) is 13.7. The number of nitrogens with zero attached hydrogens (tertiary/aromatic N) is 2. The fourth-order valence-electron chi connectivity index (χ4n) is 4.63. The van der Waals surface area contributed by atoms with Gasteiger partial charge in [0.05, 0.1) is 36.5 Å². The van der Waals surface area contributed by atoms with E-state index in [9.17, 15) is 39.6 Å². The highest BCUT2D eigenvalue weighted by atomic mass is 16.7. The van der Waals surface area contributed by atoms with Crippen LogP contribution in [-0.2, 0) is 44.7 Å². The summed E-state index contributed by atoms with van der Waals surface area (Å²) in [4.78, 5) is 57.2. The van der Waals surface area contributed by atoms with Gasteiger partial charge in [0.2, 0.25) is 18.1 Å². The van der Waals surface area contributed by atoms with Crippen LogP contribution in [0.1, 0.15) is 76.8 Å². The maximum absolute atomic E-state index is 12.8. The van der Waals surface area contributed by atoms with Crippen LogP contribution in [0, 0.1) is 17.3 Å². The van der Waals surface area contributed by atoms with Crippen LogP contribution in [0.15, 0.2) is 30.6 Å². The van der Waals surface area contributed by atoms with Crippen LogP contribution >= 0.6 is 0 Å². The minimum absolute atomic E-state index is 0.0289. The Morgan fingerprint density at radius 3 is 2.33 bits per heavy atom. The highest BCUT2D eigenvalue weighted by Crippen LogP contribution is 2.31. The lowest BCUT2D eigenvalue weighted by Gasteiger charge is -2.38. The third kappa shape index (κ3) is 14.3. The average Bonchev–Trinajstić information content (AvgIpc) is 3.12. The van der Waals surface area contributed by atoms with Crippen molar-refractivity contribution in [3.63, 3.8) is 0 Å². The molecule has 0 unspecified atom stereocenters. The largest absolute Gasteiger partial charge is 0.479 e. The Morgan fingerprint density at radius 1 is 0.963 bits per heavy atom. The third-order valence-electron chi connectivity index (χ3n) is 7.66. The minimum Gasteiger partial charge on any atom is -0.479 e.